The lowest BCUT2D eigenvalue weighted by atomic mass is 9.94. The monoisotopic (exact) mass is 338 g/mol. The van der Waals surface area contributed by atoms with E-state index in [9.17, 15) is 13.2 Å². The molecule has 2 rings (SSSR count). The van der Waals surface area contributed by atoms with Crippen LogP contribution in [0.2, 0.25) is 15.1 Å². The zero-order chi connectivity index (χ0) is 15.1. The maximum absolute atomic E-state index is 13.1. The highest BCUT2D eigenvalue weighted by Crippen LogP contribution is 2.43. The molecule has 2 aromatic rings. The van der Waals surface area contributed by atoms with Crippen LogP contribution < -0.4 is 0 Å². The molecular formula is C14H8Cl3F3. The fraction of sp³-hybridized carbons (Fsp3) is 0.143. The van der Waals surface area contributed by atoms with Gasteiger partial charge in [-0.1, -0.05) is 46.9 Å². The average Bonchev–Trinajstić information content (AvgIpc) is 2.33. The van der Waals surface area contributed by atoms with E-state index in [-0.39, 0.29) is 26.2 Å². The van der Waals surface area contributed by atoms with E-state index < -0.39 is 11.7 Å². The largest absolute Gasteiger partial charge is 0.417 e. The van der Waals surface area contributed by atoms with E-state index in [4.69, 9.17) is 34.8 Å². The summed E-state index contributed by atoms with van der Waals surface area (Å²) in [6.45, 7) is 1.59. The van der Waals surface area contributed by atoms with Crippen LogP contribution in [-0.2, 0) is 6.18 Å². The second kappa shape index (κ2) is 5.47. The normalized spacial score (nSPS) is 11.8. The number of hydrogen-bond acceptors (Lipinski definition) is 0. The first kappa shape index (κ1) is 15.5. The molecule has 0 amide bonds. The third-order valence-electron chi connectivity index (χ3n) is 2.86. The standard InChI is InChI=1S/C14H8Cl3F3/c1-7-3-2-4-9(14(18,19)20)13(7)8-5-11(16)12(17)6-10(8)15/h2-6H,1H3. The number of aryl methyl sites for hydroxylation is 1. The highest BCUT2D eigenvalue weighted by molar-refractivity contribution is 6.44. The summed E-state index contributed by atoms with van der Waals surface area (Å²) in [5, 5.41) is 0.476. The Morgan fingerprint density at radius 2 is 1.50 bits per heavy atom. The van der Waals surface area contributed by atoms with Crippen molar-refractivity contribution in [2.45, 2.75) is 13.1 Å². The SMILES string of the molecule is Cc1cccc(C(F)(F)F)c1-c1cc(Cl)c(Cl)cc1Cl. The van der Waals surface area contributed by atoms with Crippen molar-refractivity contribution in [1.29, 1.82) is 0 Å². The van der Waals surface area contributed by atoms with Gasteiger partial charge in [-0.15, -0.1) is 0 Å². The molecule has 0 saturated heterocycles. The molecule has 0 atom stereocenters. The highest BCUT2D eigenvalue weighted by Gasteiger charge is 2.34. The third-order valence-corrected chi connectivity index (χ3v) is 3.89. The van der Waals surface area contributed by atoms with Crippen LogP contribution in [-0.4, -0.2) is 0 Å². The molecule has 0 aromatic heterocycles. The molecule has 0 spiro atoms. The van der Waals surface area contributed by atoms with Crippen molar-refractivity contribution in [3.8, 4) is 11.1 Å². The van der Waals surface area contributed by atoms with Crippen LogP contribution >= 0.6 is 34.8 Å². The minimum atomic E-state index is -4.48. The van der Waals surface area contributed by atoms with Crippen LogP contribution in [0.5, 0.6) is 0 Å². The Bertz CT molecular complexity index is 663. The number of alkyl halides is 3. The lowest BCUT2D eigenvalue weighted by molar-refractivity contribution is -0.137. The van der Waals surface area contributed by atoms with Gasteiger partial charge in [-0.25, -0.2) is 0 Å². The molecule has 0 unspecified atom stereocenters. The van der Waals surface area contributed by atoms with Gasteiger partial charge in [0.05, 0.1) is 20.6 Å². The van der Waals surface area contributed by atoms with Gasteiger partial charge < -0.3 is 0 Å². The zero-order valence-electron chi connectivity index (χ0n) is 10.2. The second-order valence-corrected chi connectivity index (χ2v) is 5.46. The van der Waals surface area contributed by atoms with Gasteiger partial charge in [0, 0.05) is 5.56 Å². The van der Waals surface area contributed by atoms with Crippen LogP contribution in [0, 0.1) is 6.92 Å². The predicted octanol–water partition coefficient (Wildman–Crippen LogP) is 6.64. The molecule has 0 fully saturated rings. The lowest BCUT2D eigenvalue weighted by Crippen LogP contribution is -2.08. The summed E-state index contributed by atoms with van der Waals surface area (Å²) >= 11 is 17.7. The summed E-state index contributed by atoms with van der Waals surface area (Å²) < 4.78 is 39.4. The average molecular weight is 340 g/mol. The number of rotatable bonds is 1. The Balaban J connectivity index is 2.79. The van der Waals surface area contributed by atoms with Crippen molar-refractivity contribution in [3.63, 3.8) is 0 Å². The molecule has 2 aromatic carbocycles. The number of benzene rings is 2. The topological polar surface area (TPSA) is 0 Å². The molecule has 0 nitrogen and oxygen atoms in total. The first-order chi connectivity index (χ1) is 9.21. The summed E-state index contributed by atoms with van der Waals surface area (Å²) in [5.41, 5.74) is -0.0621. The van der Waals surface area contributed by atoms with Gasteiger partial charge in [-0.2, -0.15) is 13.2 Å². The lowest BCUT2D eigenvalue weighted by Gasteiger charge is -2.17. The number of hydrogen-bond donors (Lipinski definition) is 0. The molecule has 6 heteroatoms. The van der Waals surface area contributed by atoms with Crippen molar-refractivity contribution in [1.82, 2.24) is 0 Å². The Morgan fingerprint density at radius 1 is 0.900 bits per heavy atom. The van der Waals surface area contributed by atoms with Crippen LogP contribution in [0.4, 0.5) is 13.2 Å². The van der Waals surface area contributed by atoms with Crippen LogP contribution in [0.3, 0.4) is 0 Å². The first-order valence-electron chi connectivity index (χ1n) is 5.53. The van der Waals surface area contributed by atoms with Gasteiger partial charge in [0.1, 0.15) is 0 Å². The smallest absolute Gasteiger partial charge is 0.166 e. The van der Waals surface area contributed by atoms with E-state index in [1.54, 1.807) is 13.0 Å². The molecule has 0 aliphatic heterocycles. The second-order valence-electron chi connectivity index (χ2n) is 4.24. The van der Waals surface area contributed by atoms with E-state index >= 15 is 0 Å². The van der Waals surface area contributed by atoms with Crippen molar-refractivity contribution >= 4 is 34.8 Å². The zero-order valence-corrected chi connectivity index (χ0v) is 12.4. The number of halogens is 6. The van der Waals surface area contributed by atoms with Gasteiger partial charge in [-0.05, 0) is 36.2 Å². The highest BCUT2D eigenvalue weighted by atomic mass is 35.5. The minimum Gasteiger partial charge on any atom is -0.166 e. The molecule has 0 aliphatic rings. The van der Waals surface area contributed by atoms with Crippen molar-refractivity contribution in [2.24, 2.45) is 0 Å². The summed E-state index contributed by atoms with van der Waals surface area (Å²) in [5.74, 6) is 0. The van der Waals surface area contributed by atoms with E-state index in [1.165, 1.54) is 18.2 Å². The van der Waals surface area contributed by atoms with E-state index in [0.717, 1.165) is 6.07 Å². The predicted molar refractivity (Wildman–Crippen MR) is 76.6 cm³/mol. The quantitative estimate of drug-likeness (QED) is 0.511. The Hall–Kier alpha value is -0.900. The fourth-order valence-corrected chi connectivity index (χ4v) is 2.62. The molecule has 0 heterocycles. The van der Waals surface area contributed by atoms with Crippen molar-refractivity contribution in [2.75, 3.05) is 0 Å². The Morgan fingerprint density at radius 3 is 2.10 bits per heavy atom. The van der Waals surface area contributed by atoms with Crippen molar-refractivity contribution in [3.05, 3.63) is 56.5 Å². The van der Waals surface area contributed by atoms with E-state index in [0.29, 0.717) is 5.56 Å². The molecule has 20 heavy (non-hydrogen) atoms. The summed E-state index contributed by atoms with van der Waals surface area (Å²) in [7, 11) is 0. The Kier molecular flexibility index (Phi) is 4.24. The summed E-state index contributed by atoms with van der Waals surface area (Å²) in [6.07, 6.45) is -4.48. The Labute approximate surface area is 129 Å². The fourth-order valence-electron chi connectivity index (χ4n) is 1.98. The van der Waals surface area contributed by atoms with Gasteiger partial charge in [0.25, 0.3) is 0 Å². The third kappa shape index (κ3) is 2.90. The molecule has 106 valence electrons. The summed E-state index contributed by atoms with van der Waals surface area (Å²) in [6, 6.07) is 6.65. The van der Waals surface area contributed by atoms with Crippen LogP contribution in [0.1, 0.15) is 11.1 Å². The van der Waals surface area contributed by atoms with Crippen LogP contribution in [0.15, 0.2) is 30.3 Å². The van der Waals surface area contributed by atoms with Gasteiger partial charge in [0.2, 0.25) is 0 Å². The van der Waals surface area contributed by atoms with Gasteiger partial charge in [0.15, 0.2) is 0 Å². The van der Waals surface area contributed by atoms with Gasteiger partial charge >= 0.3 is 6.18 Å². The molecular weight excluding hydrogens is 332 g/mol. The van der Waals surface area contributed by atoms with E-state index in [2.05, 4.69) is 0 Å². The van der Waals surface area contributed by atoms with E-state index in [1.807, 2.05) is 0 Å². The minimum absolute atomic E-state index is 0.0172. The van der Waals surface area contributed by atoms with Crippen molar-refractivity contribution < 1.29 is 13.2 Å². The van der Waals surface area contributed by atoms with Crippen LogP contribution in [0.25, 0.3) is 11.1 Å². The summed E-state index contributed by atoms with van der Waals surface area (Å²) in [4.78, 5) is 0. The maximum Gasteiger partial charge on any atom is 0.417 e. The van der Waals surface area contributed by atoms with Gasteiger partial charge in [-0.3, -0.25) is 0 Å². The molecule has 0 bridgehead atoms. The molecule has 0 radical (unpaired) electrons. The molecule has 0 N–H and O–H groups in total. The maximum atomic E-state index is 13.1. The molecule has 0 aliphatic carbocycles. The molecule has 0 saturated carbocycles. The first-order valence-corrected chi connectivity index (χ1v) is 6.67.